The molecule has 1 aliphatic heterocycles. The van der Waals surface area contributed by atoms with Gasteiger partial charge in [0.1, 0.15) is 0 Å². The molecule has 5 heteroatoms. The lowest BCUT2D eigenvalue weighted by Gasteiger charge is -2.46. The smallest absolute Gasteiger partial charge is 0.220 e. The van der Waals surface area contributed by atoms with Crippen molar-refractivity contribution in [1.82, 2.24) is 20.4 Å². The number of piperidine rings is 1. The van der Waals surface area contributed by atoms with Gasteiger partial charge in [-0.05, 0) is 73.3 Å². The van der Waals surface area contributed by atoms with Crippen molar-refractivity contribution in [2.24, 2.45) is 0 Å². The highest BCUT2D eigenvalue weighted by Gasteiger charge is 2.38. The minimum Gasteiger partial charge on any atom is -0.353 e. The molecular weight excluding hydrogens is 300 g/mol. The van der Waals surface area contributed by atoms with Gasteiger partial charge in [0.15, 0.2) is 0 Å². The Labute approximate surface area is 146 Å². The van der Waals surface area contributed by atoms with E-state index in [0.29, 0.717) is 6.42 Å². The van der Waals surface area contributed by atoms with Crippen LogP contribution < -0.4 is 10.6 Å². The van der Waals surface area contributed by atoms with E-state index >= 15 is 0 Å². The lowest BCUT2D eigenvalue weighted by molar-refractivity contribution is -0.122. The molecule has 24 heavy (non-hydrogen) atoms. The van der Waals surface area contributed by atoms with Gasteiger partial charge in [-0.3, -0.25) is 9.48 Å². The molecule has 0 unspecified atom stereocenters. The topological polar surface area (TPSA) is 59.0 Å². The van der Waals surface area contributed by atoms with Gasteiger partial charge in [0.05, 0.1) is 5.69 Å². The zero-order valence-electron chi connectivity index (χ0n) is 16.4. The van der Waals surface area contributed by atoms with Crippen molar-refractivity contribution in [3.63, 3.8) is 0 Å². The first kappa shape index (κ1) is 19.0. The number of carbonyl (C=O) groups is 1. The van der Waals surface area contributed by atoms with Gasteiger partial charge >= 0.3 is 0 Å². The van der Waals surface area contributed by atoms with E-state index < -0.39 is 0 Å². The monoisotopic (exact) mass is 334 g/mol. The fourth-order valence-corrected chi connectivity index (χ4v) is 4.37. The minimum atomic E-state index is 0.0507. The standard InChI is InChI=1S/C19H34N4O/c1-8-23-14(3)16(13(2)21-23)9-10-17(24)20-15-11-18(4,5)22-19(6,7)12-15/h15,22H,8-12H2,1-7H3,(H,20,24). The van der Waals surface area contributed by atoms with E-state index in [1.807, 2.05) is 11.6 Å². The van der Waals surface area contributed by atoms with Crippen molar-refractivity contribution in [1.29, 1.82) is 0 Å². The molecule has 0 radical (unpaired) electrons. The van der Waals surface area contributed by atoms with Gasteiger partial charge in [-0.25, -0.2) is 0 Å². The zero-order chi connectivity index (χ0) is 18.1. The van der Waals surface area contributed by atoms with Crippen molar-refractivity contribution in [2.75, 3.05) is 0 Å². The molecule has 0 spiro atoms. The third-order valence-electron chi connectivity index (χ3n) is 4.99. The number of rotatable bonds is 5. The number of nitrogens with one attached hydrogen (secondary N) is 2. The van der Waals surface area contributed by atoms with Crippen LogP contribution >= 0.6 is 0 Å². The van der Waals surface area contributed by atoms with Crippen LogP contribution in [0, 0.1) is 13.8 Å². The summed E-state index contributed by atoms with van der Waals surface area (Å²) >= 11 is 0. The summed E-state index contributed by atoms with van der Waals surface area (Å²) in [6, 6.07) is 0.240. The highest BCUT2D eigenvalue weighted by Crippen LogP contribution is 2.28. The second-order valence-corrected chi connectivity index (χ2v) is 8.53. The third kappa shape index (κ3) is 4.59. The summed E-state index contributed by atoms with van der Waals surface area (Å²) in [5.41, 5.74) is 3.56. The summed E-state index contributed by atoms with van der Waals surface area (Å²) < 4.78 is 2.01. The van der Waals surface area contributed by atoms with Gasteiger partial charge < -0.3 is 10.6 Å². The SMILES string of the molecule is CCn1nc(C)c(CCC(=O)NC2CC(C)(C)NC(C)(C)C2)c1C. The lowest BCUT2D eigenvalue weighted by Crippen LogP contribution is -2.62. The zero-order valence-corrected chi connectivity index (χ0v) is 16.4. The summed E-state index contributed by atoms with van der Waals surface area (Å²) in [6.45, 7) is 15.9. The van der Waals surface area contributed by atoms with Gasteiger partial charge in [-0.1, -0.05) is 0 Å². The van der Waals surface area contributed by atoms with Gasteiger partial charge in [-0.15, -0.1) is 0 Å². The Morgan fingerprint density at radius 2 is 1.83 bits per heavy atom. The quantitative estimate of drug-likeness (QED) is 0.870. The molecule has 1 aromatic heterocycles. The third-order valence-corrected chi connectivity index (χ3v) is 4.99. The van der Waals surface area contributed by atoms with Crippen LogP contribution in [0.5, 0.6) is 0 Å². The van der Waals surface area contributed by atoms with Crippen LogP contribution in [0.25, 0.3) is 0 Å². The molecule has 0 aromatic carbocycles. The molecule has 136 valence electrons. The highest BCUT2D eigenvalue weighted by molar-refractivity contribution is 5.76. The van der Waals surface area contributed by atoms with Gasteiger partial charge in [-0.2, -0.15) is 5.10 Å². The molecule has 1 aliphatic rings. The maximum atomic E-state index is 12.4. The first-order valence-corrected chi connectivity index (χ1v) is 9.14. The van der Waals surface area contributed by atoms with Crippen LogP contribution in [-0.2, 0) is 17.8 Å². The molecule has 2 rings (SSSR count). The Bertz CT molecular complexity index is 585. The molecule has 0 bridgehead atoms. The van der Waals surface area contributed by atoms with Crippen LogP contribution in [-0.4, -0.2) is 32.8 Å². The lowest BCUT2D eigenvalue weighted by atomic mass is 9.79. The average molecular weight is 335 g/mol. The van der Waals surface area contributed by atoms with Crippen molar-refractivity contribution in [3.8, 4) is 0 Å². The van der Waals surface area contributed by atoms with Crippen LogP contribution in [0.4, 0.5) is 0 Å². The maximum Gasteiger partial charge on any atom is 0.220 e. The summed E-state index contributed by atoms with van der Waals surface area (Å²) in [5.74, 6) is 0.150. The summed E-state index contributed by atoms with van der Waals surface area (Å²) in [7, 11) is 0. The Hall–Kier alpha value is -1.36. The number of hydrogen-bond acceptors (Lipinski definition) is 3. The number of aryl methyl sites for hydroxylation is 2. The van der Waals surface area contributed by atoms with Crippen molar-refractivity contribution in [3.05, 3.63) is 17.0 Å². The summed E-state index contributed by atoms with van der Waals surface area (Å²) in [5, 5.41) is 11.4. The molecule has 5 nitrogen and oxygen atoms in total. The molecule has 1 aromatic rings. The minimum absolute atomic E-state index is 0.0507. The largest absolute Gasteiger partial charge is 0.353 e. The molecule has 2 heterocycles. The Kier molecular flexibility index (Phi) is 5.43. The molecule has 0 aliphatic carbocycles. The van der Waals surface area contributed by atoms with Crippen LogP contribution in [0.3, 0.4) is 0 Å². The predicted octanol–water partition coefficient (Wildman–Crippen LogP) is 2.88. The van der Waals surface area contributed by atoms with E-state index in [9.17, 15) is 4.79 Å². The molecule has 2 N–H and O–H groups in total. The van der Waals surface area contributed by atoms with Crippen molar-refractivity contribution >= 4 is 5.91 Å². The molecular formula is C19H34N4O. The Morgan fingerprint density at radius 3 is 2.33 bits per heavy atom. The van der Waals surface area contributed by atoms with E-state index in [2.05, 4.69) is 57.3 Å². The van der Waals surface area contributed by atoms with E-state index in [1.165, 1.54) is 11.3 Å². The Morgan fingerprint density at radius 1 is 1.25 bits per heavy atom. The normalized spacial score (nSPS) is 20.1. The van der Waals surface area contributed by atoms with Gasteiger partial charge in [0.2, 0.25) is 5.91 Å². The second kappa shape index (κ2) is 6.87. The molecule has 0 atom stereocenters. The van der Waals surface area contributed by atoms with E-state index in [1.54, 1.807) is 0 Å². The maximum absolute atomic E-state index is 12.4. The highest BCUT2D eigenvalue weighted by atomic mass is 16.1. The Balaban J connectivity index is 1.93. The molecule has 1 saturated heterocycles. The first-order chi connectivity index (χ1) is 11.0. The molecule has 1 fully saturated rings. The first-order valence-electron chi connectivity index (χ1n) is 9.14. The van der Waals surface area contributed by atoms with Crippen molar-refractivity contribution in [2.45, 2.75) is 97.8 Å². The fraction of sp³-hybridized carbons (Fsp3) is 0.789. The summed E-state index contributed by atoms with van der Waals surface area (Å²) in [4.78, 5) is 12.4. The van der Waals surface area contributed by atoms with Crippen molar-refractivity contribution < 1.29 is 4.79 Å². The van der Waals surface area contributed by atoms with E-state index in [0.717, 1.165) is 31.5 Å². The van der Waals surface area contributed by atoms with Gasteiger partial charge in [0, 0.05) is 35.8 Å². The number of hydrogen-bond donors (Lipinski definition) is 2. The number of nitrogens with zero attached hydrogens (tertiary/aromatic N) is 2. The molecule has 1 amide bonds. The number of amides is 1. The van der Waals surface area contributed by atoms with Gasteiger partial charge in [0.25, 0.3) is 0 Å². The summed E-state index contributed by atoms with van der Waals surface area (Å²) in [6.07, 6.45) is 3.23. The van der Waals surface area contributed by atoms with Crippen LogP contribution in [0.2, 0.25) is 0 Å². The number of aromatic nitrogens is 2. The van der Waals surface area contributed by atoms with Crippen LogP contribution in [0.15, 0.2) is 0 Å². The number of carbonyl (C=O) groups excluding carboxylic acids is 1. The fourth-order valence-electron chi connectivity index (χ4n) is 4.37. The van der Waals surface area contributed by atoms with E-state index in [4.69, 9.17) is 0 Å². The predicted molar refractivity (Wildman–Crippen MR) is 98.2 cm³/mol. The van der Waals surface area contributed by atoms with E-state index in [-0.39, 0.29) is 23.0 Å². The molecule has 0 saturated carbocycles. The average Bonchev–Trinajstić information content (AvgIpc) is 2.67. The second-order valence-electron chi connectivity index (χ2n) is 8.53. The van der Waals surface area contributed by atoms with Crippen LogP contribution in [0.1, 0.15) is 70.8 Å².